The van der Waals surface area contributed by atoms with Crippen molar-refractivity contribution >= 4 is 0 Å². The maximum Gasteiger partial charge on any atom is 0.0869 e. The molecule has 1 heterocycles. The van der Waals surface area contributed by atoms with Gasteiger partial charge < -0.3 is 15.3 Å². The van der Waals surface area contributed by atoms with Gasteiger partial charge in [-0.2, -0.15) is 5.10 Å². The summed E-state index contributed by atoms with van der Waals surface area (Å²) in [5.41, 5.74) is -0.687. The number of hydrogen-bond acceptors (Lipinski definition) is 4. The molecule has 0 spiro atoms. The van der Waals surface area contributed by atoms with Gasteiger partial charge in [-0.25, -0.2) is 0 Å². The Labute approximate surface area is 97.1 Å². The van der Waals surface area contributed by atoms with Crippen LogP contribution in [0, 0.1) is 0 Å². The second-order valence-electron chi connectivity index (χ2n) is 4.68. The van der Waals surface area contributed by atoms with Crippen molar-refractivity contribution in [2.75, 3.05) is 33.7 Å². The minimum absolute atomic E-state index is 0.590. The molecule has 0 radical (unpaired) electrons. The van der Waals surface area contributed by atoms with Crippen LogP contribution in [0.4, 0.5) is 0 Å². The van der Waals surface area contributed by atoms with Gasteiger partial charge in [-0.3, -0.25) is 4.68 Å². The summed E-state index contributed by atoms with van der Waals surface area (Å²) in [5, 5.41) is 17.4. The van der Waals surface area contributed by atoms with E-state index in [1.807, 2.05) is 42.9 Å². The maximum atomic E-state index is 10.0. The van der Waals surface area contributed by atoms with Gasteiger partial charge in [0.25, 0.3) is 0 Å². The van der Waals surface area contributed by atoms with Crippen LogP contribution in [-0.4, -0.2) is 59.1 Å². The van der Waals surface area contributed by atoms with Gasteiger partial charge in [0.2, 0.25) is 0 Å². The third kappa shape index (κ3) is 5.25. The highest BCUT2D eigenvalue weighted by atomic mass is 16.3. The van der Waals surface area contributed by atoms with Crippen molar-refractivity contribution in [1.29, 1.82) is 0 Å². The maximum absolute atomic E-state index is 10.0. The zero-order chi connectivity index (χ0) is 12.0. The van der Waals surface area contributed by atoms with Gasteiger partial charge in [0.05, 0.1) is 12.1 Å². The molecule has 0 saturated carbocycles. The molecule has 0 aromatic carbocycles. The highest BCUT2D eigenvalue weighted by Gasteiger charge is 2.20. The quantitative estimate of drug-likeness (QED) is 0.632. The summed E-state index contributed by atoms with van der Waals surface area (Å²) in [6.07, 6.45) is 3.70. The molecule has 0 fully saturated rings. The molecule has 0 aliphatic heterocycles. The number of likely N-dealkylation sites (N-methyl/N-ethyl adjacent to an activating group) is 1. The molecule has 0 aliphatic rings. The van der Waals surface area contributed by atoms with Crippen LogP contribution in [0.15, 0.2) is 18.5 Å². The smallest absolute Gasteiger partial charge is 0.0869 e. The SMILES string of the molecule is CN(C)CC(C)(O)CNCCn1cccn1. The summed E-state index contributed by atoms with van der Waals surface area (Å²) in [7, 11) is 3.91. The van der Waals surface area contributed by atoms with E-state index in [0.717, 1.165) is 13.1 Å². The average Bonchev–Trinajstić information content (AvgIpc) is 2.62. The molecule has 0 amide bonds. The zero-order valence-corrected chi connectivity index (χ0v) is 10.3. The number of aliphatic hydroxyl groups is 1. The van der Waals surface area contributed by atoms with Crippen molar-refractivity contribution in [2.24, 2.45) is 0 Å². The van der Waals surface area contributed by atoms with Gasteiger partial charge in [-0.15, -0.1) is 0 Å². The van der Waals surface area contributed by atoms with Gasteiger partial charge in [0.1, 0.15) is 0 Å². The van der Waals surface area contributed by atoms with Crippen molar-refractivity contribution in [1.82, 2.24) is 20.0 Å². The van der Waals surface area contributed by atoms with Crippen LogP contribution in [0.2, 0.25) is 0 Å². The fourth-order valence-corrected chi connectivity index (χ4v) is 1.72. The second-order valence-corrected chi connectivity index (χ2v) is 4.68. The molecule has 92 valence electrons. The Morgan fingerprint density at radius 1 is 1.50 bits per heavy atom. The van der Waals surface area contributed by atoms with Crippen LogP contribution in [-0.2, 0) is 6.54 Å². The Hall–Kier alpha value is -0.910. The molecular formula is C11H22N4O. The summed E-state index contributed by atoms with van der Waals surface area (Å²) in [4.78, 5) is 1.98. The standard InChI is InChI=1S/C11H22N4O/c1-11(16,10-14(2)3)9-12-6-8-15-7-4-5-13-15/h4-5,7,12,16H,6,8-10H2,1-3H3. The fourth-order valence-electron chi connectivity index (χ4n) is 1.72. The lowest BCUT2D eigenvalue weighted by atomic mass is 10.1. The van der Waals surface area contributed by atoms with Crippen molar-refractivity contribution in [3.05, 3.63) is 18.5 Å². The lowest BCUT2D eigenvalue weighted by molar-refractivity contribution is 0.0338. The topological polar surface area (TPSA) is 53.3 Å². The predicted molar refractivity (Wildman–Crippen MR) is 64.3 cm³/mol. The number of hydrogen-bond donors (Lipinski definition) is 2. The van der Waals surface area contributed by atoms with Crippen LogP contribution < -0.4 is 5.32 Å². The number of nitrogens with one attached hydrogen (secondary N) is 1. The largest absolute Gasteiger partial charge is 0.388 e. The molecule has 2 N–H and O–H groups in total. The van der Waals surface area contributed by atoms with Crippen molar-refractivity contribution in [2.45, 2.75) is 19.1 Å². The summed E-state index contributed by atoms with van der Waals surface area (Å²) in [6, 6.07) is 1.90. The lowest BCUT2D eigenvalue weighted by Crippen LogP contribution is -2.46. The third-order valence-electron chi connectivity index (χ3n) is 2.24. The first-order chi connectivity index (χ1) is 7.49. The summed E-state index contributed by atoms with van der Waals surface area (Å²) >= 11 is 0. The second kappa shape index (κ2) is 5.98. The Morgan fingerprint density at radius 2 is 2.25 bits per heavy atom. The molecule has 0 aliphatic carbocycles. The number of nitrogens with zero attached hydrogens (tertiary/aromatic N) is 3. The van der Waals surface area contributed by atoms with E-state index in [1.165, 1.54) is 0 Å². The summed E-state index contributed by atoms with van der Waals surface area (Å²) in [6.45, 7) is 4.72. The van der Waals surface area contributed by atoms with E-state index in [4.69, 9.17) is 0 Å². The summed E-state index contributed by atoms with van der Waals surface area (Å²) in [5.74, 6) is 0. The Morgan fingerprint density at radius 3 is 2.81 bits per heavy atom. The van der Waals surface area contributed by atoms with Crippen LogP contribution in [0.3, 0.4) is 0 Å². The number of rotatable bonds is 7. The Balaban J connectivity index is 2.15. The van der Waals surface area contributed by atoms with E-state index in [-0.39, 0.29) is 0 Å². The van der Waals surface area contributed by atoms with Crippen molar-refractivity contribution in [3.8, 4) is 0 Å². The predicted octanol–water partition coefficient (Wildman–Crippen LogP) is -0.215. The molecule has 5 heteroatoms. The average molecular weight is 226 g/mol. The van der Waals surface area contributed by atoms with Crippen LogP contribution in [0.1, 0.15) is 6.92 Å². The van der Waals surface area contributed by atoms with Gasteiger partial charge in [0.15, 0.2) is 0 Å². The zero-order valence-electron chi connectivity index (χ0n) is 10.3. The minimum atomic E-state index is -0.687. The molecular weight excluding hydrogens is 204 g/mol. The molecule has 5 nitrogen and oxygen atoms in total. The highest BCUT2D eigenvalue weighted by Crippen LogP contribution is 2.02. The van der Waals surface area contributed by atoms with Crippen LogP contribution in [0.5, 0.6) is 0 Å². The van der Waals surface area contributed by atoms with E-state index < -0.39 is 5.60 Å². The van der Waals surface area contributed by atoms with E-state index in [0.29, 0.717) is 13.1 Å². The van der Waals surface area contributed by atoms with E-state index in [9.17, 15) is 5.11 Å². The highest BCUT2D eigenvalue weighted by molar-refractivity contribution is 4.79. The molecule has 1 atom stereocenters. The van der Waals surface area contributed by atoms with Crippen LogP contribution in [0.25, 0.3) is 0 Å². The van der Waals surface area contributed by atoms with Crippen molar-refractivity contribution < 1.29 is 5.11 Å². The normalized spacial score (nSPS) is 15.3. The molecule has 0 saturated heterocycles. The molecule has 0 bridgehead atoms. The fraction of sp³-hybridized carbons (Fsp3) is 0.727. The van der Waals surface area contributed by atoms with Gasteiger partial charge in [-0.05, 0) is 27.1 Å². The first kappa shape index (κ1) is 13.2. The monoisotopic (exact) mass is 226 g/mol. The molecule has 1 unspecified atom stereocenters. The van der Waals surface area contributed by atoms with Gasteiger partial charge in [0, 0.05) is 32.0 Å². The first-order valence-electron chi connectivity index (χ1n) is 5.55. The van der Waals surface area contributed by atoms with E-state index in [2.05, 4.69) is 10.4 Å². The molecule has 1 rings (SSSR count). The van der Waals surface area contributed by atoms with Crippen molar-refractivity contribution in [3.63, 3.8) is 0 Å². The number of aromatic nitrogens is 2. The van der Waals surface area contributed by atoms with Crippen LogP contribution >= 0.6 is 0 Å². The molecule has 1 aromatic rings. The lowest BCUT2D eigenvalue weighted by Gasteiger charge is -2.27. The summed E-state index contributed by atoms with van der Waals surface area (Å²) < 4.78 is 1.87. The van der Waals surface area contributed by atoms with Gasteiger partial charge in [-0.1, -0.05) is 0 Å². The minimum Gasteiger partial charge on any atom is -0.388 e. The Bertz CT molecular complexity index is 282. The Kier molecular flexibility index (Phi) is 4.92. The third-order valence-corrected chi connectivity index (χ3v) is 2.24. The van der Waals surface area contributed by atoms with E-state index in [1.54, 1.807) is 6.20 Å². The molecule has 16 heavy (non-hydrogen) atoms. The molecule has 1 aromatic heterocycles. The van der Waals surface area contributed by atoms with Gasteiger partial charge >= 0.3 is 0 Å². The van der Waals surface area contributed by atoms with E-state index >= 15 is 0 Å². The first-order valence-corrected chi connectivity index (χ1v) is 5.55.